The molecule has 0 bridgehead atoms. The summed E-state index contributed by atoms with van der Waals surface area (Å²) in [4.78, 5) is 24.0. The van der Waals surface area contributed by atoms with Crippen LogP contribution in [0.25, 0.3) is 0 Å². The molecule has 0 saturated carbocycles. The quantitative estimate of drug-likeness (QED) is 0.536. The summed E-state index contributed by atoms with van der Waals surface area (Å²) in [5.74, 6) is 0.500. The molecule has 0 saturated heterocycles. The second kappa shape index (κ2) is 12.5. The third-order valence-electron chi connectivity index (χ3n) is 4.18. The number of rotatable bonds is 12. The van der Waals surface area contributed by atoms with E-state index >= 15 is 0 Å². The average molecular weight is 415 g/mol. The van der Waals surface area contributed by atoms with Crippen LogP contribution in [0, 0.1) is 0 Å². The Labute approximate surface area is 177 Å². The van der Waals surface area contributed by atoms with Crippen LogP contribution >= 0.6 is 0 Å². The minimum absolute atomic E-state index is 0.327. The Hall–Kier alpha value is -3.06. The lowest BCUT2D eigenvalue weighted by Gasteiger charge is -2.12. The predicted octanol–water partition coefficient (Wildman–Crippen LogP) is 3.15. The summed E-state index contributed by atoms with van der Waals surface area (Å²) in [5, 5.41) is 2.75. The molecule has 0 atom stereocenters. The summed E-state index contributed by atoms with van der Waals surface area (Å²) >= 11 is 0. The van der Waals surface area contributed by atoms with Gasteiger partial charge in [-0.05, 0) is 55.7 Å². The summed E-state index contributed by atoms with van der Waals surface area (Å²) in [5.41, 5.74) is 2.35. The highest BCUT2D eigenvalue weighted by Gasteiger charge is 2.11. The van der Waals surface area contributed by atoms with Crippen molar-refractivity contribution in [1.82, 2.24) is 5.32 Å². The van der Waals surface area contributed by atoms with E-state index in [-0.39, 0.29) is 12.5 Å². The lowest BCUT2D eigenvalue weighted by atomic mass is 10.1. The van der Waals surface area contributed by atoms with Gasteiger partial charge in [0.1, 0.15) is 0 Å². The molecule has 0 spiro atoms. The van der Waals surface area contributed by atoms with Crippen molar-refractivity contribution in [2.45, 2.75) is 26.9 Å². The van der Waals surface area contributed by atoms with Gasteiger partial charge in [0.15, 0.2) is 18.1 Å². The third kappa shape index (κ3) is 7.40. The molecule has 1 N–H and O–H groups in total. The number of carbonyl (C=O) groups is 2. The third-order valence-corrected chi connectivity index (χ3v) is 4.18. The Kier molecular flexibility index (Phi) is 9.67. The molecule has 0 heterocycles. The van der Waals surface area contributed by atoms with Gasteiger partial charge in [-0.1, -0.05) is 18.2 Å². The lowest BCUT2D eigenvalue weighted by Crippen LogP contribution is -2.30. The van der Waals surface area contributed by atoms with Crippen molar-refractivity contribution in [2.24, 2.45) is 0 Å². The number of benzene rings is 2. The molecule has 7 nitrogen and oxygen atoms in total. The Morgan fingerprint density at radius 2 is 1.57 bits per heavy atom. The second-order valence-corrected chi connectivity index (χ2v) is 6.45. The van der Waals surface area contributed by atoms with Gasteiger partial charge in [-0.25, -0.2) is 4.79 Å². The molecule has 30 heavy (non-hydrogen) atoms. The average Bonchev–Trinajstić information content (AvgIpc) is 2.75. The number of amides is 1. The molecule has 0 aromatic heterocycles. The maximum Gasteiger partial charge on any atom is 0.338 e. The first-order chi connectivity index (χ1) is 14.6. The van der Waals surface area contributed by atoms with Crippen molar-refractivity contribution in [3.05, 3.63) is 59.2 Å². The first-order valence-electron chi connectivity index (χ1n) is 9.97. The van der Waals surface area contributed by atoms with E-state index in [1.165, 1.54) is 0 Å². The lowest BCUT2D eigenvalue weighted by molar-refractivity contribution is -0.124. The standard InChI is InChI=1S/C23H29NO6/c1-4-28-20-11-8-17(14-21(20)29-5-2)12-13-24-22(25)16-30-23(26)19-9-6-18(7-10-19)15-27-3/h6-11,14H,4-5,12-13,15-16H2,1-3H3,(H,24,25). The van der Waals surface area contributed by atoms with Crippen molar-refractivity contribution >= 4 is 11.9 Å². The van der Waals surface area contributed by atoms with Crippen LogP contribution in [0.3, 0.4) is 0 Å². The van der Waals surface area contributed by atoms with Gasteiger partial charge in [0.2, 0.25) is 0 Å². The molecule has 0 aliphatic rings. The molecular formula is C23H29NO6. The van der Waals surface area contributed by atoms with Crippen LogP contribution in [-0.2, 0) is 27.3 Å². The largest absolute Gasteiger partial charge is 0.490 e. The van der Waals surface area contributed by atoms with E-state index in [1.54, 1.807) is 31.4 Å². The van der Waals surface area contributed by atoms with E-state index in [4.69, 9.17) is 18.9 Å². The molecule has 162 valence electrons. The highest BCUT2D eigenvalue weighted by atomic mass is 16.5. The van der Waals surface area contributed by atoms with E-state index in [2.05, 4.69) is 5.32 Å². The van der Waals surface area contributed by atoms with Crippen LogP contribution < -0.4 is 14.8 Å². The van der Waals surface area contributed by atoms with Crippen molar-refractivity contribution in [3.8, 4) is 11.5 Å². The molecule has 2 aromatic carbocycles. The molecule has 0 unspecified atom stereocenters. The Balaban J connectivity index is 1.76. The highest BCUT2D eigenvalue weighted by Crippen LogP contribution is 2.28. The van der Waals surface area contributed by atoms with Gasteiger partial charge in [-0.3, -0.25) is 4.79 Å². The van der Waals surface area contributed by atoms with Crippen LogP contribution in [0.15, 0.2) is 42.5 Å². The summed E-state index contributed by atoms with van der Waals surface area (Å²) in [7, 11) is 1.61. The number of carbonyl (C=O) groups excluding carboxylic acids is 2. The monoisotopic (exact) mass is 415 g/mol. The van der Waals surface area contributed by atoms with Crippen LogP contribution in [0.1, 0.15) is 35.3 Å². The van der Waals surface area contributed by atoms with E-state index in [0.717, 1.165) is 11.1 Å². The maximum absolute atomic E-state index is 12.0. The molecule has 7 heteroatoms. The van der Waals surface area contributed by atoms with Crippen LogP contribution in [0.2, 0.25) is 0 Å². The number of hydrogen-bond acceptors (Lipinski definition) is 6. The number of ether oxygens (including phenoxy) is 4. The normalized spacial score (nSPS) is 10.4. The highest BCUT2D eigenvalue weighted by molar-refractivity contribution is 5.91. The first-order valence-corrected chi connectivity index (χ1v) is 9.97. The molecule has 2 aromatic rings. The van der Waals surface area contributed by atoms with Gasteiger partial charge >= 0.3 is 5.97 Å². The summed E-state index contributed by atoms with van der Waals surface area (Å²) in [6.07, 6.45) is 0.618. The Morgan fingerprint density at radius 3 is 2.23 bits per heavy atom. The minimum Gasteiger partial charge on any atom is -0.490 e. The summed E-state index contributed by atoms with van der Waals surface area (Å²) in [6.45, 7) is 5.50. The van der Waals surface area contributed by atoms with E-state index in [0.29, 0.717) is 49.8 Å². The molecule has 0 aliphatic carbocycles. The first kappa shape index (κ1) is 23.2. The van der Waals surface area contributed by atoms with Crippen molar-refractivity contribution in [1.29, 1.82) is 0 Å². The zero-order valence-electron chi connectivity index (χ0n) is 17.7. The minimum atomic E-state index is -0.540. The van der Waals surface area contributed by atoms with Crippen molar-refractivity contribution in [3.63, 3.8) is 0 Å². The zero-order chi connectivity index (χ0) is 21.8. The van der Waals surface area contributed by atoms with Crippen molar-refractivity contribution < 1.29 is 28.5 Å². The van der Waals surface area contributed by atoms with Gasteiger partial charge in [-0.2, -0.15) is 0 Å². The number of nitrogens with one attached hydrogen (secondary N) is 1. The van der Waals surface area contributed by atoms with Crippen molar-refractivity contribution in [2.75, 3.05) is 33.5 Å². The Bertz CT molecular complexity index is 819. The fourth-order valence-corrected chi connectivity index (χ4v) is 2.77. The van der Waals surface area contributed by atoms with Gasteiger partial charge in [-0.15, -0.1) is 0 Å². The molecule has 0 radical (unpaired) electrons. The molecule has 0 aliphatic heterocycles. The van der Waals surface area contributed by atoms with E-state index in [1.807, 2.05) is 32.0 Å². The molecule has 0 fully saturated rings. The molecule has 2 rings (SSSR count). The topological polar surface area (TPSA) is 83.1 Å². The van der Waals surface area contributed by atoms with E-state index < -0.39 is 5.97 Å². The van der Waals surface area contributed by atoms with Gasteiger partial charge < -0.3 is 24.3 Å². The fraction of sp³-hybridized carbons (Fsp3) is 0.391. The van der Waals surface area contributed by atoms with Crippen LogP contribution in [0.4, 0.5) is 0 Å². The SMILES string of the molecule is CCOc1ccc(CCNC(=O)COC(=O)c2ccc(COC)cc2)cc1OCC. The summed E-state index contributed by atoms with van der Waals surface area (Å²) < 4.78 is 21.3. The smallest absolute Gasteiger partial charge is 0.338 e. The predicted molar refractivity (Wildman–Crippen MR) is 113 cm³/mol. The van der Waals surface area contributed by atoms with Gasteiger partial charge in [0, 0.05) is 13.7 Å². The van der Waals surface area contributed by atoms with Crippen LogP contribution in [0.5, 0.6) is 11.5 Å². The molecule has 1 amide bonds. The zero-order valence-corrected chi connectivity index (χ0v) is 17.7. The number of esters is 1. The maximum atomic E-state index is 12.0. The Morgan fingerprint density at radius 1 is 0.900 bits per heavy atom. The van der Waals surface area contributed by atoms with Gasteiger partial charge in [0.25, 0.3) is 5.91 Å². The fourth-order valence-electron chi connectivity index (χ4n) is 2.77. The van der Waals surface area contributed by atoms with E-state index in [9.17, 15) is 9.59 Å². The van der Waals surface area contributed by atoms with Crippen LogP contribution in [-0.4, -0.2) is 45.4 Å². The number of methoxy groups -OCH3 is 1. The summed E-state index contributed by atoms with van der Waals surface area (Å²) in [6, 6.07) is 12.6. The molecular weight excluding hydrogens is 386 g/mol. The second-order valence-electron chi connectivity index (χ2n) is 6.45. The van der Waals surface area contributed by atoms with Gasteiger partial charge in [0.05, 0.1) is 25.4 Å². The number of hydrogen-bond donors (Lipinski definition) is 1.